The average molecular weight is 367 g/mol. The molecule has 0 saturated carbocycles. The van der Waals surface area contributed by atoms with Crippen molar-refractivity contribution in [3.63, 3.8) is 0 Å². The summed E-state index contributed by atoms with van der Waals surface area (Å²) in [6.45, 7) is 8.28. The molecule has 1 aliphatic heterocycles. The monoisotopic (exact) mass is 366 g/mol. The van der Waals surface area contributed by atoms with Crippen LogP contribution in [0.25, 0.3) is 0 Å². The summed E-state index contributed by atoms with van der Waals surface area (Å²) in [7, 11) is 0. The Kier molecular flexibility index (Phi) is 4.65. The summed E-state index contributed by atoms with van der Waals surface area (Å²) < 4.78 is 7.82. The van der Waals surface area contributed by atoms with Crippen LogP contribution in [-0.2, 0) is 18.6 Å². The molecule has 1 atom stereocenters. The minimum atomic E-state index is -0.946. The lowest BCUT2D eigenvalue weighted by molar-refractivity contribution is 0.0740. The molecule has 6 heteroatoms. The van der Waals surface area contributed by atoms with Crippen molar-refractivity contribution in [2.75, 3.05) is 6.61 Å². The Bertz CT molecular complexity index is 755. The largest absolute Gasteiger partial charge is 0.489 e. The molecule has 2 aromatic rings. The zero-order chi connectivity index (χ0) is 17.5. The average Bonchev–Trinajstić information content (AvgIpc) is 3.06. The lowest BCUT2D eigenvalue weighted by Gasteiger charge is -2.18. The molecule has 0 amide bonds. The second-order valence-electron chi connectivity index (χ2n) is 6.53. The number of hydrogen-bond acceptors (Lipinski definition) is 3. The predicted molar refractivity (Wildman–Crippen MR) is 96.1 cm³/mol. The second kappa shape index (κ2) is 6.43. The molecule has 0 aliphatic carbocycles. The Balaban J connectivity index is 1.92. The molecule has 0 radical (unpaired) electrons. The maximum atomic E-state index is 10.1. The summed E-state index contributed by atoms with van der Waals surface area (Å²) in [6, 6.07) is 3.59. The molecule has 0 bridgehead atoms. The predicted octanol–water partition coefficient (Wildman–Crippen LogP) is 4.32. The van der Waals surface area contributed by atoms with E-state index in [1.165, 1.54) is 0 Å². The molecule has 1 N–H and O–H groups in total. The number of hydrogen-bond donors (Lipinski definition) is 1. The minimum absolute atomic E-state index is 0.134. The normalized spacial score (nSPS) is 17.0. The highest BCUT2D eigenvalue weighted by molar-refractivity contribution is 6.42. The maximum Gasteiger partial charge on any atom is 0.124 e. The highest BCUT2D eigenvalue weighted by Crippen LogP contribution is 2.42. The van der Waals surface area contributed by atoms with E-state index in [0.717, 1.165) is 30.1 Å². The molecule has 1 aromatic heterocycles. The molecule has 24 heavy (non-hydrogen) atoms. The summed E-state index contributed by atoms with van der Waals surface area (Å²) >= 11 is 12.7. The Morgan fingerprint density at radius 2 is 2.21 bits per heavy atom. The van der Waals surface area contributed by atoms with E-state index in [4.69, 9.17) is 27.9 Å². The topological polar surface area (TPSA) is 47.3 Å². The van der Waals surface area contributed by atoms with Crippen molar-refractivity contribution >= 4 is 23.2 Å². The lowest BCUT2D eigenvalue weighted by Crippen LogP contribution is -2.16. The molecule has 1 aromatic carbocycles. The number of ether oxygens (including phenoxy) is 1. The number of nitrogens with zero attached hydrogens (tertiary/aromatic N) is 2. The minimum Gasteiger partial charge on any atom is -0.489 e. The van der Waals surface area contributed by atoms with Crippen molar-refractivity contribution in [3.8, 4) is 5.75 Å². The van der Waals surface area contributed by atoms with Gasteiger partial charge in [0.1, 0.15) is 23.8 Å². The smallest absolute Gasteiger partial charge is 0.124 e. The van der Waals surface area contributed by atoms with Crippen LogP contribution in [-0.4, -0.2) is 21.3 Å². The number of fused-ring (bicyclic) bond motifs is 1. The van der Waals surface area contributed by atoms with E-state index in [0.29, 0.717) is 22.3 Å². The fourth-order valence-corrected chi connectivity index (χ4v) is 3.46. The third kappa shape index (κ3) is 3.18. The molecule has 3 rings (SSSR count). The van der Waals surface area contributed by atoms with E-state index >= 15 is 0 Å². The van der Waals surface area contributed by atoms with Crippen LogP contribution in [0.2, 0.25) is 10.0 Å². The summed E-state index contributed by atoms with van der Waals surface area (Å²) in [4.78, 5) is 4.56. The Morgan fingerprint density at radius 3 is 2.83 bits per heavy atom. The maximum absolute atomic E-state index is 10.1. The van der Waals surface area contributed by atoms with Gasteiger partial charge in [0.15, 0.2) is 0 Å². The first-order valence-corrected chi connectivity index (χ1v) is 8.57. The SMILES string of the molecule is C=CCOc1ccc(Cl)c(Cl)c1[C@H]1Cc2nc(C(C)(C)O)cn2C1. The van der Waals surface area contributed by atoms with Crippen molar-refractivity contribution in [1.29, 1.82) is 0 Å². The number of benzene rings is 1. The van der Waals surface area contributed by atoms with E-state index in [1.807, 2.05) is 12.3 Å². The van der Waals surface area contributed by atoms with Gasteiger partial charge in [-0.3, -0.25) is 0 Å². The van der Waals surface area contributed by atoms with Crippen LogP contribution in [0, 0.1) is 0 Å². The van der Waals surface area contributed by atoms with Crippen molar-refractivity contribution in [1.82, 2.24) is 9.55 Å². The molecule has 0 fully saturated rings. The van der Waals surface area contributed by atoms with Crippen LogP contribution in [0.15, 0.2) is 31.0 Å². The summed E-state index contributed by atoms with van der Waals surface area (Å²) in [6.07, 6.45) is 4.32. The van der Waals surface area contributed by atoms with Crippen molar-refractivity contribution in [2.45, 2.75) is 38.3 Å². The van der Waals surface area contributed by atoms with Crippen LogP contribution in [0.3, 0.4) is 0 Å². The first kappa shape index (κ1) is 17.3. The van der Waals surface area contributed by atoms with Crippen LogP contribution in [0.4, 0.5) is 0 Å². The first-order chi connectivity index (χ1) is 11.3. The van der Waals surface area contributed by atoms with Crippen LogP contribution in [0.1, 0.15) is 36.8 Å². The second-order valence-corrected chi connectivity index (χ2v) is 7.31. The van der Waals surface area contributed by atoms with E-state index in [2.05, 4.69) is 16.1 Å². The molecular formula is C18H20Cl2N2O2. The van der Waals surface area contributed by atoms with Crippen LogP contribution < -0.4 is 4.74 Å². The molecule has 128 valence electrons. The molecule has 0 unspecified atom stereocenters. The highest BCUT2D eigenvalue weighted by atomic mass is 35.5. The van der Waals surface area contributed by atoms with Crippen molar-refractivity contribution < 1.29 is 9.84 Å². The summed E-state index contributed by atoms with van der Waals surface area (Å²) in [5, 5.41) is 11.1. The summed E-state index contributed by atoms with van der Waals surface area (Å²) in [5.74, 6) is 1.79. The van der Waals surface area contributed by atoms with Crippen LogP contribution in [0.5, 0.6) is 5.75 Å². The van der Waals surface area contributed by atoms with Gasteiger partial charge in [-0.2, -0.15) is 0 Å². The molecule has 4 nitrogen and oxygen atoms in total. The fourth-order valence-electron chi connectivity index (χ4n) is 2.99. The number of imidazole rings is 1. The third-order valence-electron chi connectivity index (χ3n) is 4.19. The van der Waals surface area contributed by atoms with Gasteiger partial charge in [0, 0.05) is 30.6 Å². The first-order valence-electron chi connectivity index (χ1n) is 7.81. The van der Waals surface area contributed by atoms with Crippen LogP contribution >= 0.6 is 23.2 Å². The van der Waals surface area contributed by atoms with Gasteiger partial charge in [0.05, 0.1) is 15.7 Å². The van der Waals surface area contributed by atoms with E-state index < -0.39 is 5.60 Å². The van der Waals surface area contributed by atoms with Gasteiger partial charge in [0.2, 0.25) is 0 Å². The molecule has 0 spiro atoms. The summed E-state index contributed by atoms with van der Waals surface area (Å²) in [5.41, 5.74) is 0.635. The molecular weight excluding hydrogens is 347 g/mol. The van der Waals surface area contributed by atoms with Gasteiger partial charge in [-0.1, -0.05) is 35.9 Å². The zero-order valence-corrected chi connectivity index (χ0v) is 15.2. The Hall–Kier alpha value is -1.49. The van der Waals surface area contributed by atoms with Gasteiger partial charge < -0.3 is 14.4 Å². The Labute approximate surface area is 151 Å². The standard InChI is InChI=1S/C18H20Cl2N2O2/c1-4-7-24-13-6-5-12(19)17(20)16(13)11-8-15-21-14(18(2,3)23)10-22(15)9-11/h4-6,10-11,23H,1,7-9H2,2-3H3/t11-/m0/s1. The van der Waals surface area contributed by atoms with Gasteiger partial charge in [-0.25, -0.2) is 4.98 Å². The zero-order valence-electron chi connectivity index (χ0n) is 13.7. The van der Waals surface area contributed by atoms with E-state index in [1.54, 1.807) is 26.0 Å². The molecule has 1 aliphatic rings. The van der Waals surface area contributed by atoms with Gasteiger partial charge in [0.25, 0.3) is 0 Å². The van der Waals surface area contributed by atoms with Gasteiger partial charge in [-0.05, 0) is 26.0 Å². The number of aliphatic hydroxyl groups is 1. The third-order valence-corrected chi connectivity index (χ3v) is 5.01. The lowest BCUT2D eigenvalue weighted by atomic mass is 9.96. The number of aromatic nitrogens is 2. The molecule has 0 saturated heterocycles. The quantitative estimate of drug-likeness (QED) is 0.801. The van der Waals surface area contributed by atoms with E-state index in [9.17, 15) is 5.11 Å². The number of rotatable bonds is 5. The van der Waals surface area contributed by atoms with E-state index in [-0.39, 0.29) is 5.92 Å². The Morgan fingerprint density at radius 1 is 1.46 bits per heavy atom. The fraction of sp³-hybridized carbons (Fsp3) is 0.389. The number of halogens is 2. The van der Waals surface area contributed by atoms with Crippen molar-refractivity contribution in [2.24, 2.45) is 0 Å². The van der Waals surface area contributed by atoms with Crippen molar-refractivity contribution in [3.05, 3.63) is 58.1 Å². The molecule has 2 heterocycles. The van der Waals surface area contributed by atoms with Gasteiger partial charge in [-0.15, -0.1) is 0 Å². The van der Waals surface area contributed by atoms with Gasteiger partial charge >= 0.3 is 0 Å². The highest BCUT2D eigenvalue weighted by Gasteiger charge is 2.32.